The quantitative estimate of drug-likeness (QED) is 0.687. The van der Waals surface area contributed by atoms with Crippen molar-refractivity contribution in [2.45, 2.75) is 42.7 Å². The molecule has 0 aliphatic carbocycles. The molecule has 6 nitrogen and oxygen atoms in total. The molecule has 1 aliphatic rings. The van der Waals surface area contributed by atoms with Gasteiger partial charge in [-0.15, -0.1) is 0 Å². The number of likely N-dealkylation sites (tertiary alicyclic amines) is 1. The van der Waals surface area contributed by atoms with Crippen LogP contribution >= 0.6 is 0 Å². The van der Waals surface area contributed by atoms with Crippen molar-refractivity contribution >= 4 is 15.7 Å². The van der Waals surface area contributed by atoms with E-state index in [0.717, 1.165) is 12.1 Å². The number of nitrogens with zero attached hydrogens (tertiary/aromatic N) is 2. The minimum absolute atomic E-state index is 0.0713. The summed E-state index contributed by atoms with van der Waals surface area (Å²) >= 11 is 0. The Balaban J connectivity index is 1.50. The number of rotatable bonds is 6. The van der Waals surface area contributed by atoms with Gasteiger partial charge in [0.15, 0.2) is 9.84 Å². The van der Waals surface area contributed by atoms with Gasteiger partial charge >= 0.3 is 6.18 Å². The van der Waals surface area contributed by atoms with Crippen molar-refractivity contribution in [2.75, 3.05) is 13.1 Å². The fourth-order valence-corrected chi connectivity index (χ4v) is 3.92. The van der Waals surface area contributed by atoms with E-state index >= 15 is 0 Å². The van der Waals surface area contributed by atoms with Crippen molar-refractivity contribution in [3.8, 4) is 5.88 Å². The first-order valence-electron chi connectivity index (χ1n) is 9.27. The molecule has 2 heterocycles. The van der Waals surface area contributed by atoms with Gasteiger partial charge in [-0.05, 0) is 37.6 Å². The van der Waals surface area contributed by atoms with Crippen LogP contribution in [-0.2, 0) is 27.2 Å². The maximum atomic E-state index is 12.5. The zero-order valence-electron chi connectivity index (χ0n) is 16.4. The number of pyridine rings is 1. The van der Waals surface area contributed by atoms with Crippen molar-refractivity contribution in [3.05, 3.63) is 53.7 Å². The number of halogens is 3. The van der Waals surface area contributed by atoms with E-state index in [1.807, 2.05) is 0 Å². The summed E-state index contributed by atoms with van der Waals surface area (Å²) in [4.78, 5) is 17.8. The third kappa shape index (κ3) is 4.92. The summed E-state index contributed by atoms with van der Waals surface area (Å²) in [5.74, 6) is -0.0725. The first-order chi connectivity index (χ1) is 14.0. The predicted molar refractivity (Wildman–Crippen MR) is 103 cm³/mol. The molecule has 0 atom stereocenters. The Morgan fingerprint density at radius 3 is 2.30 bits per heavy atom. The third-order valence-corrected chi connectivity index (χ3v) is 6.95. The molecular formula is C20H21F3N2O4S. The zero-order valence-corrected chi connectivity index (χ0v) is 17.2. The Bertz CT molecular complexity index is 998. The van der Waals surface area contributed by atoms with E-state index in [4.69, 9.17) is 4.74 Å². The molecule has 0 bridgehead atoms. The smallest absolute Gasteiger partial charge is 0.417 e. The Hall–Kier alpha value is -2.62. The second-order valence-electron chi connectivity index (χ2n) is 7.34. The monoisotopic (exact) mass is 442 g/mol. The van der Waals surface area contributed by atoms with E-state index in [0.29, 0.717) is 24.8 Å². The second-order valence-corrected chi connectivity index (χ2v) is 9.84. The highest BCUT2D eigenvalue weighted by atomic mass is 32.2. The van der Waals surface area contributed by atoms with Crippen LogP contribution in [0.15, 0.2) is 47.5 Å². The molecule has 0 N–H and O–H groups in total. The molecule has 3 rings (SSSR count). The van der Waals surface area contributed by atoms with Gasteiger partial charge in [-0.2, -0.15) is 13.2 Å². The number of benzene rings is 1. The average Bonchev–Trinajstić information content (AvgIpc) is 2.64. The number of amides is 1. The molecule has 0 spiro atoms. The molecule has 1 amide bonds. The maximum Gasteiger partial charge on any atom is 0.417 e. The Morgan fingerprint density at radius 1 is 1.17 bits per heavy atom. The highest BCUT2D eigenvalue weighted by Gasteiger charge is 2.33. The lowest BCUT2D eigenvalue weighted by atomic mass is 10.1. The van der Waals surface area contributed by atoms with E-state index in [2.05, 4.69) is 4.98 Å². The molecule has 1 aromatic carbocycles. The molecule has 10 heteroatoms. The van der Waals surface area contributed by atoms with Crippen molar-refractivity contribution in [1.82, 2.24) is 9.88 Å². The van der Waals surface area contributed by atoms with E-state index in [9.17, 15) is 26.4 Å². The minimum atomic E-state index is -4.46. The Morgan fingerprint density at radius 2 is 1.80 bits per heavy atom. The van der Waals surface area contributed by atoms with Gasteiger partial charge in [0.1, 0.15) is 6.10 Å². The van der Waals surface area contributed by atoms with Gasteiger partial charge in [0, 0.05) is 12.3 Å². The van der Waals surface area contributed by atoms with Crippen LogP contribution in [0.5, 0.6) is 5.88 Å². The molecule has 30 heavy (non-hydrogen) atoms. The molecule has 0 unspecified atom stereocenters. The van der Waals surface area contributed by atoms with Gasteiger partial charge in [-0.3, -0.25) is 4.79 Å². The minimum Gasteiger partial charge on any atom is -0.471 e. The molecule has 0 radical (unpaired) electrons. The average molecular weight is 442 g/mol. The van der Waals surface area contributed by atoms with Gasteiger partial charge in [0.05, 0.1) is 35.2 Å². The van der Waals surface area contributed by atoms with Crippen LogP contribution in [0.1, 0.15) is 25.0 Å². The fourth-order valence-electron chi connectivity index (χ4n) is 2.86. The zero-order chi connectivity index (χ0) is 22.1. The SMILES string of the molecule is CC(C)S(=O)(=O)c1ccc(CC(=O)N2CC(Oc3ccc(C(F)(F)F)cn3)C2)cc1. The van der Waals surface area contributed by atoms with Crippen LogP contribution in [0.3, 0.4) is 0 Å². The Kier molecular flexibility index (Phi) is 6.07. The van der Waals surface area contributed by atoms with Crippen LogP contribution < -0.4 is 4.74 Å². The van der Waals surface area contributed by atoms with Gasteiger partial charge in [0.25, 0.3) is 0 Å². The number of carbonyl (C=O) groups excluding carboxylic acids is 1. The topological polar surface area (TPSA) is 76.6 Å². The van der Waals surface area contributed by atoms with Crippen molar-refractivity contribution in [1.29, 1.82) is 0 Å². The standard InChI is InChI=1S/C20H21F3N2O4S/c1-13(2)30(27,28)17-6-3-14(4-7-17)9-19(26)25-11-16(12-25)29-18-8-5-15(10-24-18)20(21,22)23/h3-8,10,13,16H,9,11-12H2,1-2H3. The summed E-state index contributed by atoms with van der Waals surface area (Å²) in [6.07, 6.45) is -3.97. The Labute approximate surface area is 172 Å². The summed E-state index contributed by atoms with van der Waals surface area (Å²) in [5, 5.41) is -0.526. The van der Waals surface area contributed by atoms with E-state index in [1.165, 1.54) is 12.1 Å². The molecule has 1 saturated heterocycles. The largest absolute Gasteiger partial charge is 0.471 e. The summed E-state index contributed by atoms with van der Waals surface area (Å²) in [6.45, 7) is 3.83. The molecule has 162 valence electrons. The lowest BCUT2D eigenvalue weighted by molar-refractivity contribution is -0.140. The number of hydrogen-bond acceptors (Lipinski definition) is 5. The predicted octanol–water partition coefficient (Wildman–Crippen LogP) is 3.11. The molecule has 1 aliphatic heterocycles. The molecule has 2 aromatic rings. The molecule has 1 aromatic heterocycles. The number of carbonyl (C=O) groups is 1. The number of sulfone groups is 1. The number of aromatic nitrogens is 1. The number of alkyl halides is 3. The normalized spacial score (nSPS) is 15.2. The fraction of sp³-hybridized carbons (Fsp3) is 0.400. The van der Waals surface area contributed by atoms with E-state index < -0.39 is 26.8 Å². The van der Waals surface area contributed by atoms with Crippen molar-refractivity contribution in [3.63, 3.8) is 0 Å². The van der Waals surface area contributed by atoms with Crippen LogP contribution in [0.2, 0.25) is 0 Å². The van der Waals surface area contributed by atoms with E-state index in [1.54, 1.807) is 30.9 Å². The third-order valence-electron chi connectivity index (χ3n) is 4.78. The molecular weight excluding hydrogens is 421 g/mol. The second kappa shape index (κ2) is 8.25. The lowest BCUT2D eigenvalue weighted by Crippen LogP contribution is -2.56. The first kappa shape index (κ1) is 22.1. The van der Waals surface area contributed by atoms with Gasteiger partial charge in [0.2, 0.25) is 11.8 Å². The summed E-state index contributed by atoms with van der Waals surface area (Å²) in [6, 6.07) is 8.28. The highest BCUT2D eigenvalue weighted by Crippen LogP contribution is 2.29. The van der Waals surface area contributed by atoms with Gasteiger partial charge < -0.3 is 9.64 Å². The van der Waals surface area contributed by atoms with Crippen LogP contribution in [0.4, 0.5) is 13.2 Å². The summed E-state index contributed by atoms with van der Waals surface area (Å²) in [5.41, 5.74) is -0.163. The van der Waals surface area contributed by atoms with Crippen molar-refractivity contribution < 1.29 is 31.1 Å². The van der Waals surface area contributed by atoms with E-state index in [-0.39, 0.29) is 29.2 Å². The lowest BCUT2D eigenvalue weighted by Gasteiger charge is -2.38. The maximum absolute atomic E-state index is 12.5. The van der Waals surface area contributed by atoms with Crippen molar-refractivity contribution in [2.24, 2.45) is 0 Å². The highest BCUT2D eigenvalue weighted by molar-refractivity contribution is 7.92. The number of ether oxygens (including phenoxy) is 1. The van der Waals surface area contributed by atoms with Gasteiger partial charge in [-0.1, -0.05) is 12.1 Å². The first-order valence-corrected chi connectivity index (χ1v) is 10.8. The molecule has 1 fully saturated rings. The summed E-state index contributed by atoms with van der Waals surface area (Å²) < 4.78 is 67.4. The summed E-state index contributed by atoms with van der Waals surface area (Å²) in [7, 11) is -3.36. The molecule has 0 saturated carbocycles. The van der Waals surface area contributed by atoms with Crippen LogP contribution in [0, 0.1) is 0 Å². The van der Waals surface area contributed by atoms with Crippen LogP contribution in [-0.4, -0.2) is 48.7 Å². The number of hydrogen-bond donors (Lipinski definition) is 0. The van der Waals surface area contributed by atoms with Gasteiger partial charge in [-0.25, -0.2) is 13.4 Å². The van der Waals surface area contributed by atoms with Crippen LogP contribution in [0.25, 0.3) is 0 Å².